The molecule has 0 aromatic carbocycles. The van der Waals surface area contributed by atoms with Gasteiger partial charge in [-0.05, 0) is 0 Å². The van der Waals surface area contributed by atoms with Gasteiger partial charge in [-0.1, -0.05) is 11.8 Å². The molecule has 0 unspecified atom stereocenters. The first-order chi connectivity index (χ1) is 6.06. The van der Waals surface area contributed by atoms with E-state index in [0.717, 1.165) is 0 Å². The van der Waals surface area contributed by atoms with E-state index in [0.29, 0.717) is 5.17 Å². The average Bonchev–Trinajstić information content (AvgIpc) is 2.32. The van der Waals surface area contributed by atoms with Gasteiger partial charge in [0.15, 0.2) is 5.17 Å². The molecule has 1 fully saturated rings. The number of primary amides is 1. The lowest BCUT2D eigenvalue weighted by molar-refractivity contribution is -0.127. The highest BCUT2D eigenvalue weighted by Crippen LogP contribution is 2.27. The summed E-state index contributed by atoms with van der Waals surface area (Å²) in [6.07, 6.45) is 0.0762. The SMILES string of the molecule is CN=C1S[C@@H](CC(N)=O)C(=O)N1C. The van der Waals surface area contributed by atoms with Gasteiger partial charge in [0.1, 0.15) is 5.25 Å². The second-order valence-corrected chi connectivity index (χ2v) is 3.85. The zero-order valence-corrected chi connectivity index (χ0v) is 8.30. The molecule has 13 heavy (non-hydrogen) atoms. The molecular formula is C7H11N3O2S. The van der Waals surface area contributed by atoms with Crippen LogP contribution in [-0.4, -0.2) is 41.2 Å². The quantitative estimate of drug-likeness (QED) is 0.649. The lowest BCUT2D eigenvalue weighted by atomic mass is 10.3. The number of hydrogen-bond acceptors (Lipinski definition) is 4. The molecule has 6 heteroatoms. The maximum atomic E-state index is 11.4. The Morgan fingerprint density at radius 2 is 2.38 bits per heavy atom. The monoisotopic (exact) mass is 201 g/mol. The molecule has 0 aliphatic carbocycles. The minimum Gasteiger partial charge on any atom is -0.370 e. The molecule has 1 aliphatic heterocycles. The Balaban J connectivity index is 2.72. The van der Waals surface area contributed by atoms with Crippen LogP contribution in [-0.2, 0) is 9.59 Å². The van der Waals surface area contributed by atoms with Crippen molar-refractivity contribution in [2.24, 2.45) is 10.7 Å². The van der Waals surface area contributed by atoms with E-state index in [1.54, 1.807) is 14.1 Å². The number of rotatable bonds is 2. The molecule has 72 valence electrons. The molecule has 1 rings (SSSR count). The number of amidine groups is 1. The van der Waals surface area contributed by atoms with Gasteiger partial charge < -0.3 is 5.73 Å². The number of carbonyl (C=O) groups is 2. The van der Waals surface area contributed by atoms with E-state index in [1.165, 1.54) is 16.7 Å². The fourth-order valence-corrected chi connectivity index (χ4v) is 2.20. The van der Waals surface area contributed by atoms with Gasteiger partial charge in [0.05, 0.1) is 0 Å². The van der Waals surface area contributed by atoms with Gasteiger partial charge in [0.2, 0.25) is 11.8 Å². The Morgan fingerprint density at radius 3 is 2.77 bits per heavy atom. The standard InChI is InChI=1S/C7H11N3O2S/c1-9-7-10(2)6(12)4(13-7)3-5(8)11/h4H,3H2,1-2H3,(H2,8,11)/t4-/m0/s1. The molecule has 0 spiro atoms. The van der Waals surface area contributed by atoms with Gasteiger partial charge >= 0.3 is 0 Å². The molecule has 1 atom stereocenters. The van der Waals surface area contributed by atoms with Crippen molar-refractivity contribution in [1.29, 1.82) is 0 Å². The van der Waals surface area contributed by atoms with Crippen molar-refractivity contribution < 1.29 is 9.59 Å². The van der Waals surface area contributed by atoms with Crippen molar-refractivity contribution in [3.8, 4) is 0 Å². The van der Waals surface area contributed by atoms with Crippen LogP contribution in [0.15, 0.2) is 4.99 Å². The van der Waals surface area contributed by atoms with Crippen molar-refractivity contribution in [2.75, 3.05) is 14.1 Å². The third kappa shape index (κ3) is 2.00. The number of aliphatic imine (C=N–C) groups is 1. The Hall–Kier alpha value is -1.04. The van der Waals surface area contributed by atoms with E-state index in [9.17, 15) is 9.59 Å². The number of hydrogen-bond donors (Lipinski definition) is 1. The minimum absolute atomic E-state index is 0.0762. The maximum Gasteiger partial charge on any atom is 0.242 e. The highest BCUT2D eigenvalue weighted by atomic mass is 32.2. The summed E-state index contributed by atoms with van der Waals surface area (Å²) in [7, 11) is 3.25. The summed E-state index contributed by atoms with van der Waals surface area (Å²) in [4.78, 5) is 27.4. The van der Waals surface area contributed by atoms with Crippen LogP contribution in [0.1, 0.15) is 6.42 Å². The Labute approximate surface area is 80.4 Å². The van der Waals surface area contributed by atoms with Crippen LogP contribution in [0, 0.1) is 0 Å². The zero-order chi connectivity index (χ0) is 10.0. The first-order valence-electron chi connectivity index (χ1n) is 3.75. The van der Waals surface area contributed by atoms with Gasteiger partial charge in [0.25, 0.3) is 0 Å². The topological polar surface area (TPSA) is 75.8 Å². The van der Waals surface area contributed by atoms with Crippen LogP contribution < -0.4 is 5.73 Å². The van der Waals surface area contributed by atoms with Crippen LogP contribution in [0.25, 0.3) is 0 Å². The van der Waals surface area contributed by atoms with Crippen LogP contribution in [0.5, 0.6) is 0 Å². The summed E-state index contributed by atoms with van der Waals surface area (Å²) < 4.78 is 0. The molecular weight excluding hydrogens is 190 g/mol. The first kappa shape index (κ1) is 10.0. The summed E-state index contributed by atoms with van der Waals surface area (Å²) in [5, 5.41) is 0.248. The van der Waals surface area contributed by atoms with E-state index in [4.69, 9.17) is 5.73 Å². The van der Waals surface area contributed by atoms with E-state index in [1.807, 2.05) is 0 Å². The van der Waals surface area contributed by atoms with E-state index in [2.05, 4.69) is 4.99 Å². The average molecular weight is 201 g/mol. The molecule has 0 aromatic rings. The predicted octanol–water partition coefficient (Wildman–Crippen LogP) is -0.579. The smallest absolute Gasteiger partial charge is 0.242 e. The molecule has 1 heterocycles. The van der Waals surface area contributed by atoms with E-state index < -0.39 is 5.91 Å². The zero-order valence-electron chi connectivity index (χ0n) is 7.48. The van der Waals surface area contributed by atoms with Crippen LogP contribution >= 0.6 is 11.8 Å². The number of carbonyl (C=O) groups excluding carboxylic acids is 2. The molecule has 5 nitrogen and oxygen atoms in total. The second kappa shape index (κ2) is 3.78. The largest absolute Gasteiger partial charge is 0.370 e. The molecule has 1 saturated heterocycles. The number of amides is 2. The normalized spacial score (nSPS) is 25.7. The van der Waals surface area contributed by atoms with Crippen LogP contribution in [0.2, 0.25) is 0 Å². The van der Waals surface area contributed by atoms with Gasteiger partial charge in [-0.3, -0.25) is 19.5 Å². The van der Waals surface area contributed by atoms with Crippen molar-refractivity contribution >= 4 is 28.7 Å². The fourth-order valence-electron chi connectivity index (χ4n) is 1.08. The van der Waals surface area contributed by atoms with E-state index >= 15 is 0 Å². The van der Waals surface area contributed by atoms with Crippen molar-refractivity contribution in [1.82, 2.24) is 4.90 Å². The lowest BCUT2D eigenvalue weighted by Gasteiger charge is -2.06. The van der Waals surface area contributed by atoms with Gasteiger partial charge in [0, 0.05) is 20.5 Å². The molecule has 2 N–H and O–H groups in total. The summed E-state index contributed by atoms with van der Waals surface area (Å²) in [6.45, 7) is 0. The summed E-state index contributed by atoms with van der Waals surface area (Å²) in [5.74, 6) is -0.569. The van der Waals surface area contributed by atoms with Gasteiger partial charge in [-0.2, -0.15) is 0 Å². The third-order valence-electron chi connectivity index (χ3n) is 1.72. The molecule has 0 saturated carbocycles. The number of thioether (sulfide) groups is 1. The summed E-state index contributed by atoms with van der Waals surface area (Å²) in [6, 6.07) is 0. The Bertz CT molecular complexity index is 277. The van der Waals surface area contributed by atoms with Crippen LogP contribution in [0.4, 0.5) is 0 Å². The fraction of sp³-hybridized carbons (Fsp3) is 0.571. The molecule has 2 amide bonds. The number of nitrogens with zero attached hydrogens (tertiary/aromatic N) is 2. The van der Waals surface area contributed by atoms with Crippen molar-refractivity contribution in [2.45, 2.75) is 11.7 Å². The van der Waals surface area contributed by atoms with Gasteiger partial charge in [-0.15, -0.1) is 0 Å². The Kier molecular flexibility index (Phi) is 2.92. The predicted molar refractivity (Wildman–Crippen MR) is 51.3 cm³/mol. The first-order valence-corrected chi connectivity index (χ1v) is 4.63. The van der Waals surface area contributed by atoms with Crippen molar-refractivity contribution in [3.63, 3.8) is 0 Å². The molecule has 0 aromatic heterocycles. The second-order valence-electron chi connectivity index (χ2n) is 2.68. The number of nitrogens with two attached hydrogens (primary N) is 1. The van der Waals surface area contributed by atoms with Gasteiger partial charge in [-0.25, -0.2) is 0 Å². The lowest BCUT2D eigenvalue weighted by Crippen LogP contribution is -2.30. The summed E-state index contributed by atoms with van der Waals surface area (Å²) >= 11 is 1.28. The molecule has 0 radical (unpaired) electrons. The highest BCUT2D eigenvalue weighted by Gasteiger charge is 2.35. The molecule has 1 aliphatic rings. The summed E-state index contributed by atoms with van der Waals surface area (Å²) in [5.41, 5.74) is 5.00. The molecule has 0 bridgehead atoms. The highest BCUT2D eigenvalue weighted by molar-refractivity contribution is 8.15. The van der Waals surface area contributed by atoms with E-state index in [-0.39, 0.29) is 17.6 Å². The maximum absolute atomic E-state index is 11.4. The Morgan fingerprint density at radius 1 is 1.77 bits per heavy atom. The third-order valence-corrected chi connectivity index (χ3v) is 3.04. The van der Waals surface area contributed by atoms with Crippen molar-refractivity contribution in [3.05, 3.63) is 0 Å². The van der Waals surface area contributed by atoms with Crippen LogP contribution in [0.3, 0.4) is 0 Å². The minimum atomic E-state index is -0.461.